The van der Waals surface area contributed by atoms with Crippen molar-refractivity contribution in [1.29, 1.82) is 0 Å². The molecule has 0 atom stereocenters. The summed E-state index contributed by atoms with van der Waals surface area (Å²) in [5, 5.41) is 2.76. The van der Waals surface area contributed by atoms with E-state index in [0.29, 0.717) is 18.3 Å². The average molecular weight is 512 g/mol. The third-order valence-electron chi connectivity index (χ3n) is 4.56. The molecule has 0 saturated carbocycles. The van der Waals surface area contributed by atoms with Crippen LogP contribution in [0.4, 0.5) is 15.9 Å². The van der Waals surface area contributed by atoms with Gasteiger partial charge in [-0.15, -0.1) is 24.0 Å². The lowest BCUT2D eigenvalue weighted by Gasteiger charge is -2.36. The minimum Gasteiger partial charge on any atom is -0.370 e. The van der Waals surface area contributed by atoms with E-state index in [-0.39, 0.29) is 42.1 Å². The number of aliphatic imine (C=N–C) groups is 1. The Kier molecular flexibility index (Phi) is 8.62. The Hall–Kier alpha value is -2.43. The Balaban J connectivity index is 0.00000300. The molecule has 0 spiro atoms. The Labute approximate surface area is 187 Å². The van der Waals surface area contributed by atoms with Crippen LogP contribution in [0.25, 0.3) is 0 Å². The van der Waals surface area contributed by atoms with E-state index in [1.54, 1.807) is 18.2 Å². The first-order chi connectivity index (χ1) is 13.5. The summed E-state index contributed by atoms with van der Waals surface area (Å²) in [7, 11) is 0. The van der Waals surface area contributed by atoms with Crippen LogP contribution in [0.1, 0.15) is 12.1 Å². The van der Waals surface area contributed by atoms with Crippen LogP contribution < -0.4 is 16.0 Å². The molecule has 3 rings (SSSR count). The number of nitrogens with two attached hydrogens (primary N) is 1. The SMILES string of the molecule is Cc1cccc(NC(=O)CCN=C(N)N2CCN(c3ccc(F)cc3)CC2)n1.I. The maximum Gasteiger partial charge on any atom is 0.227 e. The second kappa shape index (κ2) is 10.9. The number of pyridine rings is 1. The summed E-state index contributed by atoms with van der Waals surface area (Å²) in [6.45, 7) is 5.21. The van der Waals surface area contributed by atoms with Gasteiger partial charge in [-0.25, -0.2) is 9.37 Å². The van der Waals surface area contributed by atoms with E-state index in [0.717, 1.165) is 37.6 Å². The lowest BCUT2D eigenvalue weighted by atomic mass is 10.2. The van der Waals surface area contributed by atoms with Crippen LogP contribution in [0.5, 0.6) is 0 Å². The van der Waals surface area contributed by atoms with Gasteiger partial charge in [0.25, 0.3) is 0 Å². The molecular formula is C20H26FIN6O. The van der Waals surface area contributed by atoms with Crippen molar-refractivity contribution in [3.05, 3.63) is 54.0 Å². The number of anilines is 2. The van der Waals surface area contributed by atoms with Crippen molar-refractivity contribution < 1.29 is 9.18 Å². The Morgan fingerprint density at radius 1 is 1.17 bits per heavy atom. The first kappa shape index (κ1) is 22.9. The summed E-state index contributed by atoms with van der Waals surface area (Å²) in [5.74, 6) is 0.607. The molecule has 1 amide bonds. The monoisotopic (exact) mass is 512 g/mol. The minimum atomic E-state index is -0.235. The van der Waals surface area contributed by atoms with Crippen LogP contribution in [-0.2, 0) is 4.79 Å². The molecule has 0 bridgehead atoms. The second-order valence-corrected chi connectivity index (χ2v) is 6.65. The number of carbonyl (C=O) groups excluding carboxylic acids is 1. The molecule has 3 N–H and O–H groups in total. The molecule has 1 aromatic heterocycles. The number of benzene rings is 1. The van der Waals surface area contributed by atoms with Crippen molar-refractivity contribution in [3.8, 4) is 0 Å². The van der Waals surface area contributed by atoms with Crippen molar-refractivity contribution in [2.45, 2.75) is 13.3 Å². The third kappa shape index (κ3) is 6.84. The normalized spacial score (nSPS) is 14.3. The first-order valence-corrected chi connectivity index (χ1v) is 9.30. The van der Waals surface area contributed by atoms with E-state index < -0.39 is 0 Å². The number of rotatable bonds is 5. The summed E-state index contributed by atoms with van der Waals surface area (Å²) in [4.78, 5) is 24.8. The van der Waals surface area contributed by atoms with Gasteiger partial charge < -0.3 is 20.9 Å². The van der Waals surface area contributed by atoms with E-state index >= 15 is 0 Å². The molecule has 9 heteroatoms. The van der Waals surface area contributed by atoms with Crippen molar-refractivity contribution >= 4 is 47.3 Å². The molecule has 1 saturated heterocycles. The lowest BCUT2D eigenvalue weighted by molar-refractivity contribution is -0.116. The predicted molar refractivity (Wildman–Crippen MR) is 124 cm³/mol. The molecule has 1 aliphatic heterocycles. The smallest absolute Gasteiger partial charge is 0.227 e. The highest BCUT2D eigenvalue weighted by molar-refractivity contribution is 14.0. The number of piperazine rings is 1. The maximum atomic E-state index is 13.0. The minimum absolute atomic E-state index is 0. The highest BCUT2D eigenvalue weighted by Crippen LogP contribution is 2.16. The number of carbonyl (C=O) groups is 1. The number of hydrogen-bond acceptors (Lipinski definition) is 4. The van der Waals surface area contributed by atoms with Gasteiger partial charge in [0.1, 0.15) is 11.6 Å². The molecule has 1 fully saturated rings. The average Bonchev–Trinajstić information content (AvgIpc) is 2.68. The number of aryl methyl sites for hydroxylation is 1. The highest BCUT2D eigenvalue weighted by Gasteiger charge is 2.18. The number of aromatic nitrogens is 1. The number of halogens is 2. The van der Waals surface area contributed by atoms with E-state index in [1.165, 1.54) is 12.1 Å². The highest BCUT2D eigenvalue weighted by atomic mass is 127. The summed E-state index contributed by atoms with van der Waals surface area (Å²) in [6.07, 6.45) is 0.242. The van der Waals surface area contributed by atoms with Gasteiger partial charge in [0.15, 0.2) is 5.96 Å². The lowest BCUT2D eigenvalue weighted by Crippen LogP contribution is -2.51. The Morgan fingerprint density at radius 3 is 2.52 bits per heavy atom. The molecule has 7 nitrogen and oxygen atoms in total. The van der Waals surface area contributed by atoms with E-state index in [9.17, 15) is 9.18 Å². The fourth-order valence-corrected chi connectivity index (χ4v) is 3.04. The zero-order valence-electron chi connectivity index (χ0n) is 16.3. The summed E-state index contributed by atoms with van der Waals surface area (Å²) < 4.78 is 13.0. The van der Waals surface area contributed by atoms with Crippen molar-refractivity contribution in [2.75, 3.05) is 42.9 Å². The first-order valence-electron chi connectivity index (χ1n) is 9.30. The van der Waals surface area contributed by atoms with Gasteiger partial charge in [-0.1, -0.05) is 6.07 Å². The number of nitrogens with one attached hydrogen (secondary N) is 1. The third-order valence-corrected chi connectivity index (χ3v) is 4.56. The Morgan fingerprint density at radius 2 is 1.86 bits per heavy atom. The van der Waals surface area contributed by atoms with Crippen LogP contribution in [0.2, 0.25) is 0 Å². The standard InChI is InChI=1S/C20H25FN6O.HI/c1-15-3-2-4-18(24-15)25-19(28)9-10-23-20(22)27-13-11-26(12-14-27)17-7-5-16(21)6-8-17;/h2-8H,9-14H2,1H3,(H2,22,23)(H,24,25,28);1H. The molecule has 156 valence electrons. The maximum absolute atomic E-state index is 13.0. The number of amides is 1. The van der Waals surface area contributed by atoms with E-state index in [1.807, 2.05) is 24.0 Å². The summed E-state index contributed by atoms with van der Waals surface area (Å²) in [5.41, 5.74) is 7.92. The fourth-order valence-electron chi connectivity index (χ4n) is 3.04. The van der Waals surface area contributed by atoms with Crippen LogP contribution in [0.3, 0.4) is 0 Å². The number of guanidine groups is 1. The largest absolute Gasteiger partial charge is 0.370 e. The topological polar surface area (TPSA) is 86.8 Å². The van der Waals surface area contributed by atoms with Gasteiger partial charge in [0.2, 0.25) is 5.91 Å². The van der Waals surface area contributed by atoms with Gasteiger partial charge in [0.05, 0.1) is 6.54 Å². The van der Waals surface area contributed by atoms with Crippen molar-refractivity contribution in [1.82, 2.24) is 9.88 Å². The molecule has 0 unspecified atom stereocenters. The molecule has 2 heterocycles. The van der Waals surface area contributed by atoms with Crippen molar-refractivity contribution in [3.63, 3.8) is 0 Å². The number of nitrogens with zero attached hydrogens (tertiary/aromatic N) is 4. The van der Waals surface area contributed by atoms with E-state index in [2.05, 4.69) is 20.2 Å². The zero-order valence-corrected chi connectivity index (χ0v) is 18.7. The molecule has 1 aliphatic rings. The van der Waals surface area contributed by atoms with Crippen LogP contribution in [0.15, 0.2) is 47.5 Å². The molecule has 29 heavy (non-hydrogen) atoms. The predicted octanol–water partition coefficient (Wildman–Crippen LogP) is 2.61. The summed E-state index contributed by atoms with van der Waals surface area (Å²) >= 11 is 0. The van der Waals surface area contributed by atoms with Crippen molar-refractivity contribution in [2.24, 2.45) is 10.7 Å². The number of hydrogen-bond donors (Lipinski definition) is 2. The van der Waals surface area contributed by atoms with Gasteiger partial charge in [-0.3, -0.25) is 9.79 Å². The Bertz CT molecular complexity index is 837. The van der Waals surface area contributed by atoms with E-state index in [4.69, 9.17) is 5.73 Å². The molecular weight excluding hydrogens is 486 g/mol. The molecule has 1 aromatic carbocycles. The second-order valence-electron chi connectivity index (χ2n) is 6.65. The zero-order chi connectivity index (χ0) is 19.9. The van der Waals surface area contributed by atoms with Gasteiger partial charge in [0, 0.05) is 44.0 Å². The fraction of sp³-hybridized carbons (Fsp3) is 0.350. The quantitative estimate of drug-likeness (QED) is 0.366. The summed E-state index contributed by atoms with van der Waals surface area (Å²) in [6, 6.07) is 12.0. The van der Waals surface area contributed by atoms with Crippen LogP contribution >= 0.6 is 24.0 Å². The molecule has 0 radical (unpaired) electrons. The van der Waals surface area contributed by atoms with Gasteiger partial charge in [-0.2, -0.15) is 0 Å². The van der Waals surface area contributed by atoms with Gasteiger partial charge in [-0.05, 0) is 43.3 Å². The van der Waals surface area contributed by atoms with Crippen LogP contribution in [0, 0.1) is 12.7 Å². The van der Waals surface area contributed by atoms with Crippen LogP contribution in [-0.4, -0.2) is 54.5 Å². The van der Waals surface area contributed by atoms with Gasteiger partial charge >= 0.3 is 0 Å². The molecule has 2 aromatic rings. The molecule has 0 aliphatic carbocycles.